The Morgan fingerprint density at radius 3 is 2.44 bits per heavy atom. The molecule has 0 unspecified atom stereocenters. The molecule has 146 valence electrons. The molecule has 8 heteroatoms. The van der Waals surface area contributed by atoms with Crippen molar-refractivity contribution >= 4 is 5.91 Å². The SMILES string of the molecule is COCCOc1ccc(-n2nc(C)c(C(=O)N3C[C@@H](C)N[C@H](C)C3)n2)cc1. The van der Waals surface area contributed by atoms with Crippen LogP contribution in [0, 0.1) is 6.92 Å². The summed E-state index contributed by atoms with van der Waals surface area (Å²) in [5, 5.41) is 12.3. The predicted molar refractivity (Wildman–Crippen MR) is 101 cm³/mol. The second kappa shape index (κ2) is 8.49. The van der Waals surface area contributed by atoms with Gasteiger partial charge in [0.25, 0.3) is 5.91 Å². The van der Waals surface area contributed by atoms with Gasteiger partial charge in [-0.3, -0.25) is 4.79 Å². The predicted octanol–water partition coefficient (Wildman–Crippen LogP) is 1.42. The van der Waals surface area contributed by atoms with Gasteiger partial charge in [-0.15, -0.1) is 5.10 Å². The van der Waals surface area contributed by atoms with Gasteiger partial charge in [-0.2, -0.15) is 9.90 Å². The molecular formula is C19H27N5O3. The Hall–Kier alpha value is -2.45. The van der Waals surface area contributed by atoms with E-state index in [-0.39, 0.29) is 18.0 Å². The third-order valence-corrected chi connectivity index (χ3v) is 4.45. The van der Waals surface area contributed by atoms with E-state index in [0.29, 0.717) is 37.7 Å². The molecule has 1 N–H and O–H groups in total. The molecule has 0 spiro atoms. The Kier molecular flexibility index (Phi) is 6.08. The van der Waals surface area contributed by atoms with Gasteiger partial charge >= 0.3 is 0 Å². The zero-order chi connectivity index (χ0) is 19.4. The maximum Gasteiger partial charge on any atom is 0.276 e. The largest absolute Gasteiger partial charge is 0.491 e. The number of carbonyl (C=O) groups is 1. The lowest BCUT2D eigenvalue weighted by Crippen LogP contribution is -2.56. The summed E-state index contributed by atoms with van der Waals surface area (Å²) < 4.78 is 10.5. The van der Waals surface area contributed by atoms with Crippen LogP contribution in [-0.4, -0.2) is 71.3 Å². The van der Waals surface area contributed by atoms with Gasteiger partial charge in [-0.25, -0.2) is 0 Å². The van der Waals surface area contributed by atoms with Crippen LogP contribution in [0.15, 0.2) is 24.3 Å². The van der Waals surface area contributed by atoms with E-state index in [0.717, 1.165) is 11.4 Å². The van der Waals surface area contributed by atoms with Gasteiger partial charge in [0.15, 0.2) is 5.69 Å². The molecule has 1 aromatic carbocycles. The third kappa shape index (κ3) is 4.64. The van der Waals surface area contributed by atoms with Gasteiger partial charge in [0, 0.05) is 32.3 Å². The highest BCUT2D eigenvalue weighted by molar-refractivity contribution is 5.93. The van der Waals surface area contributed by atoms with Crippen molar-refractivity contribution in [1.82, 2.24) is 25.2 Å². The van der Waals surface area contributed by atoms with Crippen LogP contribution in [0.1, 0.15) is 30.0 Å². The summed E-state index contributed by atoms with van der Waals surface area (Å²) >= 11 is 0. The Labute approximate surface area is 159 Å². The number of aromatic nitrogens is 3. The molecule has 1 fully saturated rings. The average molecular weight is 373 g/mol. The van der Waals surface area contributed by atoms with Gasteiger partial charge < -0.3 is 19.7 Å². The Morgan fingerprint density at radius 2 is 1.81 bits per heavy atom. The first-order valence-electron chi connectivity index (χ1n) is 9.19. The molecule has 1 aromatic heterocycles. The van der Waals surface area contributed by atoms with Gasteiger partial charge in [0.05, 0.1) is 18.0 Å². The highest BCUT2D eigenvalue weighted by Crippen LogP contribution is 2.16. The lowest BCUT2D eigenvalue weighted by molar-refractivity contribution is 0.0666. The van der Waals surface area contributed by atoms with Crippen molar-refractivity contribution in [1.29, 1.82) is 0 Å². The molecule has 27 heavy (non-hydrogen) atoms. The van der Waals surface area contributed by atoms with E-state index >= 15 is 0 Å². The van der Waals surface area contributed by atoms with Crippen molar-refractivity contribution in [3.05, 3.63) is 35.7 Å². The van der Waals surface area contributed by atoms with E-state index in [1.807, 2.05) is 36.1 Å². The van der Waals surface area contributed by atoms with Crippen molar-refractivity contribution < 1.29 is 14.3 Å². The number of ether oxygens (including phenoxy) is 2. The van der Waals surface area contributed by atoms with E-state index in [1.54, 1.807) is 7.11 Å². The lowest BCUT2D eigenvalue weighted by atomic mass is 10.1. The first-order valence-corrected chi connectivity index (χ1v) is 9.19. The van der Waals surface area contributed by atoms with Crippen LogP contribution in [0.2, 0.25) is 0 Å². The molecule has 1 aliphatic rings. The molecule has 1 aliphatic heterocycles. The number of carbonyl (C=O) groups excluding carboxylic acids is 1. The maximum atomic E-state index is 12.9. The molecule has 8 nitrogen and oxygen atoms in total. The van der Waals surface area contributed by atoms with Crippen LogP contribution in [0.25, 0.3) is 5.69 Å². The fourth-order valence-corrected chi connectivity index (χ4v) is 3.25. The van der Waals surface area contributed by atoms with Gasteiger partial charge in [-0.05, 0) is 45.0 Å². The van der Waals surface area contributed by atoms with Crippen LogP contribution in [0.3, 0.4) is 0 Å². The van der Waals surface area contributed by atoms with E-state index in [1.165, 1.54) is 4.80 Å². The van der Waals surface area contributed by atoms with E-state index in [4.69, 9.17) is 9.47 Å². The number of amides is 1. The molecule has 2 aromatic rings. The monoisotopic (exact) mass is 373 g/mol. The van der Waals surface area contributed by atoms with Crippen molar-refractivity contribution in [3.8, 4) is 11.4 Å². The number of nitrogens with zero attached hydrogens (tertiary/aromatic N) is 4. The molecule has 1 amide bonds. The van der Waals surface area contributed by atoms with Crippen molar-refractivity contribution in [2.45, 2.75) is 32.9 Å². The molecule has 0 radical (unpaired) electrons. The highest BCUT2D eigenvalue weighted by atomic mass is 16.5. The fraction of sp³-hybridized carbons (Fsp3) is 0.526. The molecule has 0 saturated carbocycles. The Morgan fingerprint density at radius 1 is 1.15 bits per heavy atom. The maximum absolute atomic E-state index is 12.9. The number of hydrogen-bond acceptors (Lipinski definition) is 6. The standard InChI is InChI=1S/C19H27N5O3/c1-13-11-23(12-14(2)20-13)19(25)18-15(3)21-24(22-18)16-5-7-17(8-6-16)27-10-9-26-4/h5-8,13-14,20H,9-12H2,1-4H3/t13-,14-/m1/s1. The third-order valence-electron chi connectivity index (χ3n) is 4.45. The topological polar surface area (TPSA) is 81.5 Å². The van der Waals surface area contributed by atoms with E-state index in [2.05, 4.69) is 29.4 Å². The number of aryl methyl sites for hydroxylation is 1. The van der Waals surface area contributed by atoms with E-state index in [9.17, 15) is 4.79 Å². The Balaban J connectivity index is 1.73. The highest BCUT2D eigenvalue weighted by Gasteiger charge is 2.28. The molecule has 1 saturated heterocycles. The van der Waals surface area contributed by atoms with Crippen LogP contribution in [0.5, 0.6) is 5.75 Å². The van der Waals surface area contributed by atoms with E-state index < -0.39 is 0 Å². The molecule has 2 heterocycles. The van der Waals surface area contributed by atoms with Gasteiger partial charge in [0.1, 0.15) is 12.4 Å². The number of methoxy groups -OCH3 is 1. The minimum absolute atomic E-state index is 0.0709. The zero-order valence-corrected chi connectivity index (χ0v) is 16.3. The first-order chi connectivity index (χ1) is 13.0. The normalized spacial score (nSPS) is 19.9. The number of piperazine rings is 1. The van der Waals surface area contributed by atoms with Crippen LogP contribution in [-0.2, 0) is 4.74 Å². The summed E-state index contributed by atoms with van der Waals surface area (Å²) in [6.45, 7) is 8.34. The van der Waals surface area contributed by atoms with Crippen LogP contribution in [0.4, 0.5) is 0 Å². The summed E-state index contributed by atoms with van der Waals surface area (Å²) in [7, 11) is 1.64. The number of rotatable bonds is 6. The second-order valence-corrected chi connectivity index (χ2v) is 6.94. The Bertz CT molecular complexity index is 764. The van der Waals surface area contributed by atoms with Crippen LogP contribution >= 0.6 is 0 Å². The van der Waals surface area contributed by atoms with Crippen molar-refractivity contribution in [2.75, 3.05) is 33.4 Å². The zero-order valence-electron chi connectivity index (χ0n) is 16.3. The lowest BCUT2D eigenvalue weighted by Gasteiger charge is -2.35. The molecular weight excluding hydrogens is 346 g/mol. The summed E-state index contributed by atoms with van der Waals surface area (Å²) in [4.78, 5) is 16.3. The number of nitrogens with one attached hydrogen (secondary N) is 1. The summed E-state index contributed by atoms with van der Waals surface area (Å²) in [6.07, 6.45) is 0. The minimum atomic E-state index is -0.0709. The van der Waals surface area contributed by atoms with Gasteiger partial charge in [-0.1, -0.05) is 0 Å². The smallest absolute Gasteiger partial charge is 0.276 e. The summed E-state index contributed by atoms with van der Waals surface area (Å²) in [5.74, 6) is 0.679. The van der Waals surface area contributed by atoms with Crippen molar-refractivity contribution in [2.24, 2.45) is 0 Å². The summed E-state index contributed by atoms with van der Waals surface area (Å²) in [5.41, 5.74) is 1.80. The average Bonchev–Trinajstić information content (AvgIpc) is 3.03. The fourth-order valence-electron chi connectivity index (χ4n) is 3.25. The second-order valence-electron chi connectivity index (χ2n) is 6.94. The van der Waals surface area contributed by atoms with Crippen LogP contribution < -0.4 is 10.1 Å². The first kappa shape index (κ1) is 19.3. The van der Waals surface area contributed by atoms with Gasteiger partial charge in [0.2, 0.25) is 0 Å². The molecule has 2 atom stereocenters. The molecule has 0 bridgehead atoms. The minimum Gasteiger partial charge on any atom is -0.491 e. The number of benzene rings is 1. The molecule has 0 aliphatic carbocycles. The summed E-state index contributed by atoms with van der Waals surface area (Å²) in [6, 6.07) is 7.96. The van der Waals surface area contributed by atoms with Crippen molar-refractivity contribution in [3.63, 3.8) is 0 Å². The quantitative estimate of drug-likeness (QED) is 0.772. The molecule has 3 rings (SSSR count). The number of hydrogen-bond donors (Lipinski definition) is 1.